The Morgan fingerprint density at radius 1 is 0.607 bits per heavy atom. The average molecular weight is 390 g/mol. The molecule has 1 rings (SSSR count). The molecular formula is C26H45O2. The highest BCUT2D eigenvalue weighted by atomic mass is 16.5. The van der Waals surface area contributed by atoms with E-state index in [1.165, 1.54) is 69.8 Å². The molecule has 0 fully saturated rings. The minimum Gasteiger partial charge on any atom is -0.493 e. The third-order valence-corrected chi connectivity index (χ3v) is 5.19. The van der Waals surface area contributed by atoms with E-state index < -0.39 is 0 Å². The summed E-state index contributed by atoms with van der Waals surface area (Å²) in [5, 5.41) is 0. The summed E-state index contributed by atoms with van der Waals surface area (Å²) >= 11 is 0. The Kier molecular flexibility index (Phi) is 15.9. The molecule has 0 amide bonds. The zero-order valence-electron chi connectivity index (χ0n) is 18.8. The number of unbranched alkanes of at least 4 members (excludes halogenated alkanes) is 11. The molecule has 1 aromatic carbocycles. The van der Waals surface area contributed by atoms with E-state index in [1.54, 1.807) is 0 Å². The molecule has 1 aromatic rings. The van der Waals surface area contributed by atoms with Gasteiger partial charge in [0.1, 0.15) is 11.5 Å². The minimum atomic E-state index is 0.807. The summed E-state index contributed by atoms with van der Waals surface area (Å²) < 4.78 is 12.1. The lowest BCUT2D eigenvalue weighted by Gasteiger charge is -2.13. The van der Waals surface area contributed by atoms with Crippen LogP contribution in [0.2, 0.25) is 0 Å². The van der Waals surface area contributed by atoms with Crippen molar-refractivity contribution >= 4 is 0 Å². The fourth-order valence-electron chi connectivity index (χ4n) is 3.42. The molecule has 0 heterocycles. The molecule has 0 aliphatic rings. The predicted octanol–water partition coefficient (Wildman–Crippen LogP) is 8.32. The highest BCUT2D eigenvalue weighted by Gasteiger charge is 2.04. The van der Waals surface area contributed by atoms with Crippen LogP contribution in [-0.4, -0.2) is 13.2 Å². The van der Waals surface area contributed by atoms with E-state index in [0.29, 0.717) is 0 Å². The van der Waals surface area contributed by atoms with Gasteiger partial charge in [0.15, 0.2) is 0 Å². The fourth-order valence-corrected chi connectivity index (χ4v) is 3.42. The standard InChI is InChI=1S/C26H45O2/c1-4-7-10-12-14-16-19-27-25-21-24(18-9-6-3)22-26(23-25)28-20-17-15-13-11-8-5-2/h21-23H,3-20H2,1-2H3. The predicted molar refractivity (Wildman–Crippen MR) is 122 cm³/mol. The van der Waals surface area contributed by atoms with Crippen LogP contribution in [0.3, 0.4) is 0 Å². The second kappa shape index (κ2) is 17.9. The molecule has 161 valence electrons. The highest BCUT2D eigenvalue weighted by molar-refractivity contribution is 5.38. The van der Waals surface area contributed by atoms with Gasteiger partial charge in [-0.05, 0) is 43.4 Å². The van der Waals surface area contributed by atoms with Crippen LogP contribution in [0.5, 0.6) is 11.5 Å². The zero-order chi connectivity index (χ0) is 20.3. The monoisotopic (exact) mass is 389 g/mol. The van der Waals surface area contributed by atoms with Crippen molar-refractivity contribution in [2.75, 3.05) is 13.2 Å². The summed E-state index contributed by atoms with van der Waals surface area (Å²) in [5.41, 5.74) is 1.31. The van der Waals surface area contributed by atoms with Gasteiger partial charge < -0.3 is 9.47 Å². The van der Waals surface area contributed by atoms with E-state index in [-0.39, 0.29) is 0 Å². The minimum absolute atomic E-state index is 0.807. The first-order chi connectivity index (χ1) is 13.8. The summed E-state index contributed by atoms with van der Waals surface area (Å²) in [6, 6.07) is 6.44. The molecule has 2 heteroatoms. The van der Waals surface area contributed by atoms with Gasteiger partial charge in [-0.3, -0.25) is 0 Å². The van der Waals surface area contributed by atoms with Gasteiger partial charge in [0.2, 0.25) is 0 Å². The van der Waals surface area contributed by atoms with Crippen molar-refractivity contribution in [3.8, 4) is 11.5 Å². The average Bonchev–Trinajstić information content (AvgIpc) is 2.71. The first kappa shape index (κ1) is 24.9. The third kappa shape index (κ3) is 13.1. The lowest BCUT2D eigenvalue weighted by atomic mass is 10.1. The Morgan fingerprint density at radius 3 is 1.54 bits per heavy atom. The Bertz CT molecular complexity index is 433. The van der Waals surface area contributed by atoms with E-state index >= 15 is 0 Å². The molecule has 0 aliphatic carbocycles. The van der Waals surface area contributed by atoms with Crippen LogP contribution in [0.1, 0.15) is 109 Å². The Balaban J connectivity index is 2.39. The van der Waals surface area contributed by atoms with Crippen LogP contribution in [0.4, 0.5) is 0 Å². The lowest BCUT2D eigenvalue weighted by molar-refractivity contribution is 0.289. The van der Waals surface area contributed by atoms with E-state index in [9.17, 15) is 0 Å². The van der Waals surface area contributed by atoms with Gasteiger partial charge in [-0.25, -0.2) is 0 Å². The number of benzene rings is 1. The first-order valence-corrected chi connectivity index (χ1v) is 12.0. The van der Waals surface area contributed by atoms with Gasteiger partial charge in [0.25, 0.3) is 0 Å². The van der Waals surface area contributed by atoms with Gasteiger partial charge in [0.05, 0.1) is 13.2 Å². The smallest absolute Gasteiger partial charge is 0.123 e. The van der Waals surface area contributed by atoms with Gasteiger partial charge >= 0.3 is 0 Å². The second-order valence-corrected chi connectivity index (χ2v) is 8.00. The molecule has 2 nitrogen and oxygen atoms in total. The van der Waals surface area contributed by atoms with Crippen LogP contribution >= 0.6 is 0 Å². The number of hydrogen-bond acceptors (Lipinski definition) is 2. The molecule has 0 atom stereocenters. The van der Waals surface area contributed by atoms with Crippen molar-refractivity contribution < 1.29 is 9.47 Å². The van der Waals surface area contributed by atoms with Crippen molar-refractivity contribution in [2.45, 2.75) is 110 Å². The molecule has 0 unspecified atom stereocenters. The van der Waals surface area contributed by atoms with Crippen LogP contribution in [0.15, 0.2) is 18.2 Å². The van der Waals surface area contributed by atoms with Crippen LogP contribution in [0.25, 0.3) is 0 Å². The van der Waals surface area contributed by atoms with Crippen molar-refractivity contribution in [2.24, 2.45) is 0 Å². The molecule has 28 heavy (non-hydrogen) atoms. The topological polar surface area (TPSA) is 18.5 Å². The van der Waals surface area contributed by atoms with Crippen molar-refractivity contribution in [3.05, 3.63) is 30.7 Å². The highest BCUT2D eigenvalue weighted by Crippen LogP contribution is 2.25. The zero-order valence-corrected chi connectivity index (χ0v) is 18.8. The second-order valence-electron chi connectivity index (χ2n) is 8.00. The summed E-state index contributed by atoms with van der Waals surface area (Å²) in [6.07, 6.45) is 18.6. The fraction of sp³-hybridized carbons (Fsp3) is 0.731. The molecule has 1 radical (unpaired) electrons. The maximum Gasteiger partial charge on any atom is 0.123 e. The molecule has 0 spiro atoms. The number of hydrogen-bond donors (Lipinski definition) is 0. The summed E-state index contributed by atoms with van der Waals surface area (Å²) in [5.74, 6) is 1.93. The van der Waals surface area contributed by atoms with E-state index in [2.05, 4.69) is 39.0 Å². The quantitative estimate of drug-likeness (QED) is 0.221. The van der Waals surface area contributed by atoms with Gasteiger partial charge in [-0.15, -0.1) is 0 Å². The Labute approximate surface area is 175 Å². The molecule has 0 saturated carbocycles. The lowest BCUT2D eigenvalue weighted by Crippen LogP contribution is -2.01. The van der Waals surface area contributed by atoms with Gasteiger partial charge in [-0.1, -0.05) is 91.4 Å². The van der Waals surface area contributed by atoms with Crippen LogP contribution in [0, 0.1) is 6.92 Å². The van der Waals surface area contributed by atoms with Gasteiger partial charge in [-0.2, -0.15) is 0 Å². The van der Waals surface area contributed by atoms with E-state index in [4.69, 9.17) is 9.47 Å². The Morgan fingerprint density at radius 2 is 1.07 bits per heavy atom. The molecule has 0 bridgehead atoms. The van der Waals surface area contributed by atoms with Crippen LogP contribution < -0.4 is 9.47 Å². The number of ether oxygens (including phenoxy) is 2. The molecule has 0 aromatic heterocycles. The van der Waals surface area contributed by atoms with Crippen molar-refractivity contribution in [3.63, 3.8) is 0 Å². The van der Waals surface area contributed by atoms with Crippen molar-refractivity contribution in [1.82, 2.24) is 0 Å². The first-order valence-electron chi connectivity index (χ1n) is 12.0. The Hall–Kier alpha value is -1.18. The SMILES string of the molecule is [CH2]CCCc1cc(OCCCCCCCC)cc(OCCCCCCCC)c1. The number of rotatable bonds is 19. The number of aryl methyl sites for hydroxylation is 1. The molecule has 0 saturated heterocycles. The normalized spacial score (nSPS) is 11.0. The summed E-state index contributed by atoms with van der Waals surface area (Å²) in [6.45, 7) is 10.1. The molecule has 0 N–H and O–H groups in total. The van der Waals surface area contributed by atoms with Crippen LogP contribution in [-0.2, 0) is 6.42 Å². The van der Waals surface area contributed by atoms with E-state index in [1.807, 2.05) is 0 Å². The van der Waals surface area contributed by atoms with E-state index in [0.717, 1.165) is 56.8 Å². The maximum atomic E-state index is 6.05. The summed E-state index contributed by atoms with van der Waals surface area (Å²) in [4.78, 5) is 0. The largest absolute Gasteiger partial charge is 0.493 e. The third-order valence-electron chi connectivity index (χ3n) is 5.19. The molecule has 0 aliphatic heterocycles. The van der Waals surface area contributed by atoms with Gasteiger partial charge in [0, 0.05) is 6.07 Å². The van der Waals surface area contributed by atoms with Crippen molar-refractivity contribution in [1.29, 1.82) is 0 Å². The summed E-state index contributed by atoms with van der Waals surface area (Å²) in [7, 11) is 0. The maximum absolute atomic E-state index is 6.05. The molecular weight excluding hydrogens is 344 g/mol.